The van der Waals surface area contributed by atoms with Gasteiger partial charge in [0.05, 0.1) is 32.1 Å². The molecule has 2 aromatic rings. The number of rotatable bonds is 7. The number of hydrogen-bond acceptors (Lipinski definition) is 4. The summed E-state index contributed by atoms with van der Waals surface area (Å²) in [4.78, 5) is 23.9. The van der Waals surface area contributed by atoms with Crippen molar-refractivity contribution in [2.24, 2.45) is 0 Å². The zero-order valence-corrected chi connectivity index (χ0v) is 14.8. The molecule has 6 nitrogen and oxygen atoms in total. The van der Waals surface area contributed by atoms with E-state index in [4.69, 9.17) is 10.00 Å². The Hall–Kier alpha value is -3.33. The van der Waals surface area contributed by atoms with Gasteiger partial charge in [-0.05, 0) is 35.4 Å². The van der Waals surface area contributed by atoms with Crippen LogP contribution in [0.25, 0.3) is 0 Å². The van der Waals surface area contributed by atoms with Crippen molar-refractivity contribution in [3.63, 3.8) is 0 Å². The third-order valence-corrected chi connectivity index (χ3v) is 3.81. The van der Waals surface area contributed by atoms with Crippen molar-refractivity contribution >= 4 is 17.5 Å². The molecule has 1 atom stereocenters. The second-order valence-electron chi connectivity index (χ2n) is 5.81. The van der Waals surface area contributed by atoms with Crippen molar-refractivity contribution in [2.75, 3.05) is 12.4 Å². The monoisotopic (exact) mass is 351 g/mol. The molecule has 0 saturated carbocycles. The zero-order valence-electron chi connectivity index (χ0n) is 14.8. The highest BCUT2D eigenvalue weighted by molar-refractivity contribution is 5.91. The molecule has 2 aromatic carbocycles. The molecule has 0 spiro atoms. The Morgan fingerprint density at radius 1 is 1.12 bits per heavy atom. The molecular formula is C20H21N3O3. The molecule has 0 saturated heterocycles. The van der Waals surface area contributed by atoms with Crippen LogP contribution in [0.15, 0.2) is 48.5 Å². The van der Waals surface area contributed by atoms with Crippen molar-refractivity contribution < 1.29 is 14.3 Å². The minimum absolute atomic E-state index is 0.103. The average molecular weight is 351 g/mol. The van der Waals surface area contributed by atoms with Crippen molar-refractivity contribution in [3.05, 3.63) is 59.7 Å². The number of hydrogen-bond donors (Lipinski definition) is 2. The quantitative estimate of drug-likeness (QED) is 0.802. The molecule has 2 rings (SSSR count). The SMILES string of the molecule is COc1ccc([C@H](CC(=O)Nc2ccc(CC#N)cc2)NC(C)=O)cc1. The summed E-state index contributed by atoms with van der Waals surface area (Å²) < 4.78 is 5.13. The van der Waals surface area contributed by atoms with E-state index < -0.39 is 6.04 Å². The number of nitriles is 1. The van der Waals surface area contributed by atoms with Gasteiger partial charge in [0, 0.05) is 12.6 Å². The fourth-order valence-corrected chi connectivity index (χ4v) is 2.53. The van der Waals surface area contributed by atoms with E-state index in [2.05, 4.69) is 16.7 Å². The molecule has 0 aromatic heterocycles. The molecule has 0 unspecified atom stereocenters. The van der Waals surface area contributed by atoms with Gasteiger partial charge in [0.15, 0.2) is 0 Å². The Labute approximate surface area is 152 Å². The maximum absolute atomic E-state index is 12.4. The first-order valence-corrected chi connectivity index (χ1v) is 8.18. The van der Waals surface area contributed by atoms with E-state index in [-0.39, 0.29) is 18.2 Å². The van der Waals surface area contributed by atoms with Crippen LogP contribution in [0.1, 0.15) is 30.5 Å². The number of carbonyl (C=O) groups excluding carboxylic acids is 2. The molecule has 0 radical (unpaired) electrons. The predicted octanol–water partition coefficient (Wildman–Crippen LogP) is 2.97. The lowest BCUT2D eigenvalue weighted by Gasteiger charge is -2.18. The largest absolute Gasteiger partial charge is 0.497 e. The van der Waals surface area contributed by atoms with Crippen LogP contribution in [-0.4, -0.2) is 18.9 Å². The Morgan fingerprint density at radius 2 is 1.77 bits per heavy atom. The second kappa shape index (κ2) is 9.23. The van der Waals surface area contributed by atoms with Gasteiger partial charge >= 0.3 is 0 Å². The maximum atomic E-state index is 12.4. The minimum Gasteiger partial charge on any atom is -0.497 e. The number of anilines is 1. The summed E-state index contributed by atoms with van der Waals surface area (Å²) in [5, 5.41) is 14.3. The summed E-state index contributed by atoms with van der Waals surface area (Å²) in [6, 6.07) is 16.0. The van der Waals surface area contributed by atoms with E-state index >= 15 is 0 Å². The Balaban J connectivity index is 2.05. The number of nitrogens with zero attached hydrogens (tertiary/aromatic N) is 1. The van der Waals surface area contributed by atoms with Crippen LogP contribution in [0.4, 0.5) is 5.69 Å². The summed E-state index contributed by atoms with van der Waals surface area (Å²) >= 11 is 0. The Bertz CT molecular complexity index is 793. The van der Waals surface area contributed by atoms with Gasteiger partial charge in [-0.3, -0.25) is 9.59 Å². The lowest BCUT2D eigenvalue weighted by Crippen LogP contribution is -2.29. The molecule has 2 N–H and O–H groups in total. The smallest absolute Gasteiger partial charge is 0.226 e. The summed E-state index contributed by atoms with van der Waals surface area (Å²) in [5.41, 5.74) is 2.35. The average Bonchev–Trinajstić information content (AvgIpc) is 2.63. The first kappa shape index (κ1) is 19.0. The maximum Gasteiger partial charge on any atom is 0.226 e. The van der Waals surface area contributed by atoms with Crippen LogP contribution in [-0.2, 0) is 16.0 Å². The second-order valence-corrected chi connectivity index (χ2v) is 5.81. The molecule has 2 amide bonds. The predicted molar refractivity (Wildman–Crippen MR) is 98.6 cm³/mol. The summed E-state index contributed by atoms with van der Waals surface area (Å²) in [7, 11) is 1.58. The molecule has 6 heteroatoms. The molecule has 0 heterocycles. The van der Waals surface area contributed by atoms with E-state index in [0.717, 1.165) is 11.1 Å². The fourth-order valence-electron chi connectivity index (χ4n) is 2.53. The summed E-state index contributed by atoms with van der Waals surface area (Å²) in [6.45, 7) is 1.42. The van der Waals surface area contributed by atoms with Crippen LogP contribution in [0.2, 0.25) is 0 Å². The van der Waals surface area contributed by atoms with Crippen molar-refractivity contribution in [1.82, 2.24) is 5.32 Å². The van der Waals surface area contributed by atoms with Gasteiger partial charge in [-0.15, -0.1) is 0 Å². The molecule has 0 fully saturated rings. The van der Waals surface area contributed by atoms with Crippen molar-refractivity contribution in [1.29, 1.82) is 5.26 Å². The first-order valence-electron chi connectivity index (χ1n) is 8.18. The van der Waals surface area contributed by atoms with Crippen LogP contribution in [0, 0.1) is 11.3 Å². The van der Waals surface area contributed by atoms with Gasteiger partial charge in [0.2, 0.25) is 11.8 Å². The molecular weight excluding hydrogens is 330 g/mol. The summed E-state index contributed by atoms with van der Waals surface area (Å²) in [6.07, 6.45) is 0.433. The van der Waals surface area contributed by atoms with Gasteiger partial charge in [0.25, 0.3) is 0 Å². The molecule has 26 heavy (non-hydrogen) atoms. The van der Waals surface area contributed by atoms with E-state index in [1.54, 1.807) is 43.5 Å². The van der Waals surface area contributed by atoms with Gasteiger partial charge in [-0.1, -0.05) is 24.3 Å². The number of nitrogens with one attached hydrogen (secondary N) is 2. The van der Waals surface area contributed by atoms with Crippen LogP contribution < -0.4 is 15.4 Å². The highest BCUT2D eigenvalue weighted by Gasteiger charge is 2.17. The number of amides is 2. The standard InChI is InChI=1S/C20H21N3O3/c1-14(24)22-19(16-5-9-18(26-2)10-6-16)13-20(25)23-17-7-3-15(4-8-17)11-12-21/h3-10,19H,11,13H2,1-2H3,(H,22,24)(H,23,25)/t19-/m0/s1. The number of carbonyl (C=O) groups is 2. The van der Waals surface area contributed by atoms with Gasteiger partial charge < -0.3 is 15.4 Å². The van der Waals surface area contributed by atoms with E-state index in [9.17, 15) is 9.59 Å². The van der Waals surface area contributed by atoms with Crippen LogP contribution in [0.5, 0.6) is 5.75 Å². The van der Waals surface area contributed by atoms with Crippen LogP contribution >= 0.6 is 0 Å². The van der Waals surface area contributed by atoms with Crippen molar-refractivity contribution in [2.45, 2.75) is 25.8 Å². The number of methoxy groups -OCH3 is 1. The highest BCUT2D eigenvalue weighted by Crippen LogP contribution is 2.21. The van der Waals surface area contributed by atoms with E-state index in [1.165, 1.54) is 6.92 Å². The zero-order chi connectivity index (χ0) is 18.9. The Kier molecular flexibility index (Phi) is 6.75. The molecule has 134 valence electrons. The normalized spacial score (nSPS) is 11.1. The van der Waals surface area contributed by atoms with Gasteiger partial charge in [0.1, 0.15) is 5.75 Å². The lowest BCUT2D eigenvalue weighted by atomic mass is 10.0. The molecule has 0 aliphatic rings. The minimum atomic E-state index is -0.434. The topological polar surface area (TPSA) is 91.2 Å². The fraction of sp³-hybridized carbons (Fsp3) is 0.250. The highest BCUT2D eigenvalue weighted by atomic mass is 16.5. The molecule has 0 aliphatic carbocycles. The first-order chi connectivity index (χ1) is 12.5. The summed E-state index contributed by atoms with van der Waals surface area (Å²) in [5.74, 6) is 0.282. The van der Waals surface area contributed by atoms with E-state index in [0.29, 0.717) is 17.9 Å². The van der Waals surface area contributed by atoms with E-state index in [1.807, 2.05) is 12.1 Å². The molecule has 0 aliphatic heterocycles. The third-order valence-electron chi connectivity index (χ3n) is 3.81. The van der Waals surface area contributed by atoms with Crippen LogP contribution in [0.3, 0.4) is 0 Å². The van der Waals surface area contributed by atoms with Gasteiger partial charge in [-0.2, -0.15) is 5.26 Å². The number of ether oxygens (including phenoxy) is 1. The lowest BCUT2D eigenvalue weighted by molar-refractivity contribution is -0.120. The molecule has 0 bridgehead atoms. The Morgan fingerprint density at radius 3 is 2.31 bits per heavy atom. The third kappa shape index (κ3) is 5.64. The number of benzene rings is 2. The van der Waals surface area contributed by atoms with Gasteiger partial charge in [-0.25, -0.2) is 0 Å². The van der Waals surface area contributed by atoms with Crippen molar-refractivity contribution in [3.8, 4) is 11.8 Å².